The average molecular weight is 1110 g/mol. The van der Waals surface area contributed by atoms with Gasteiger partial charge < -0.3 is 73.6 Å². The second-order valence-electron chi connectivity index (χ2n) is 17.2. The van der Waals surface area contributed by atoms with E-state index in [2.05, 4.69) is 37.2 Å². The number of alkyl halides is 3. The number of carboxylic acids is 2. The molecule has 75 heavy (non-hydrogen) atoms. The smallest absolute Gasteiger partial charge is 0.490 e. The third kappa shape index (κ3) is 22.5. The van der Waals surface area contributed by atoms with Crippen molar-refractivity contribution in [1.29, 1.82) is 0 Å². The molecule has 0 bridgehead atoms. The molecule has 0 spiro atoms. The van der Waals surface area contributed by atoms with Gasteiger partial charge in [0.05, 0.1) is 25.7 Å². The number of aliphatic carboxylic acids is 2. The van der Waals surface area contributed by atoms with Crippen molar-refractivity contribution in [3.63, 3.8) is 0 Å². The number of nitrogens with zero attached hydrogens (tertiary/aromatic N) is 1. The lowest BCUT2D eigenvalue weighted by Gasteiger charge is -2.30. The molecule has 9 atom stereocenters. The van der Waals surface area contributed by atoms with Gasteiger partial charge in [0.25, 0.3) is 0 Å². The minimum Gasteiger partial charge on any atom is -0.494 e. The van der Waals surface area contributed by atoms with Gasteiger partial charge in [-0.05, 0) is 69.7 Å². The van der Waals surface area contributed by atoms with Crippen LogP contribution in [0, 0.1) is 5.92 Å². The second-order valence-corrected chi connectivity index (χ2v) is 19.9. The molecule has 1 aromatic carbocycles. The van der Waals surface area contributed by atoms with Gasteiger partial charge in [-0.2, -0.15) is 13.2 Å². The number of nitrogens with two attached hydrogens (primary N) is 2. The van der Waals surface area contributed by atoms with Crippen molar-refractivity contribution in [3.05, 3.63) is 29.8 Å². The van der Waals surface area contributed by atoms with Gasteiger partial charge in [-0.3, -0.25) is 43.2 Å². The zero-order valence-corrected chi connectivity index (χ0v) is 43.3. The Kier molecular flexibility index (Phi) is 27.7. The molecule has 14 N–H and O–H groups in total. The molecule has 3 rings (SSSR count). The van der Waals surface area contributed by atoms with E-state index in [1.54, 1.807) is 38.1 Å². The van der Waals surface area contributed by atoms with Crippen LogP contribution in [0.2, 0.25) is 0 Å². The molecule has 1 aromatic rings. The van der Waals surface area contributed by atoms with Crippen molar-refractivity contribution in [3.8, 4) is 5.75 Å². The van der Waals surface area contributed by atoms with E-state index in [-0.39, 0.29) is 50.3 Å². The summed E-state index contributed by atoms with van der Waals surface area (Å²) >= 11 is 0. The maximum absolute atomic E-state index is 14.3. The first-order valence-electron chi connectivity index (χ1n) is 23.8. The Balaban J connectivity index is 0.00000256. The SMILES string of the molecule is CCOc1ccc(C[C@H]2NC(=O)CCSSC[C@@H](C(=O)N3CCC[C@H]3C(=O)N[C@@H](CCCN)C(=O)NCC(N)=O)NC(=O)C[C@@H](C(=O)O)NC(=O)[C@H]([C@@H](C)O)NC(=O)[C@H]([C@@H](C)CC)NC2=O)cc1.O=C(O)C(F)(F)F. The van der Waals surface area contributed by atoms with E-state index in [1.807, 2.05) is 6.92 Å². The molecular formula is C45H67F3N10O15S2. The minimum absolute atomic E-state index is 0.00581. The fraction of sp³-hybridized carbons (Fsp3) is 0.622. The Morgan fingerprint density at radius 3 is 2.07 bits per heavy atom. The summed E-state index contributed by atoms with van der Waals surface area (Å²) in [4.78, 5) is 143. The lowest BCUT2D eigenvalue weighted by atomic mass is 9.96. The molecule has 0 aromatic heterocycles. The van der Waals surface area contributed by atoms with Crippen LogP contribution >= 0.6 is 21.6 Å². The molecular weight excluding hydrogens is 1040 g/mol. The van der Waals surface area contributed by atoms with E-state index in [0.29, 0.717) is 37.2 Å². The zero-order valence-electron chi connectivity index (χ0n) is 41.7. The van der Waals surface area contributed by atoms with Crippen LogP contribution in [0.3, 0.4) is 0 Å². The lowest BCUT2D eigenvalue weighted by molar-refractivity contribution is -0.192. The highest BCUT2D eigenvalue weighted by Crippen LogP contribution is 2.26. The Labute approximate surface area is 437 Å². The van der Waals surface area contributed by atoms with E-state index in [1.165, 1.54) is 11.8 Å². The van der Waals surface area contributed by atoms with E-state index in [9.17, 15) is 71.3 Å². The van der Waals surface area contributed by atoms with Crippen LogP contribution in [0.25, 0.3) is 0 Å². The van der Waals surface area contributed by atoms with Crippen LogP contribution in [0.5, 0.6) is 5.75 Å². The van der Waals surface area contributed by atoms with Crippen LogP contribution in [0.1, 0.15) is 78.2 Å². The topological polar surface area (TPSA) is 397 Å². The average Bonchev–Trinajstić information content (AvgIpc) is 3.84. The Morgan fingerprint density at radius 2 is 1.51 bits per heavy atom. The van der Waals surface area contributed by atoms with Gasteiger partial charge in [0.2, 0.25) is 53.2 Å². The van der Waals surface area contributed by atoms with Crippen molar-refractivity contribution in [2.24, 2.45) is 17.4 Å². The number of amides is 9. The zero-order chi connectivity index (χ0) is 56.6. The maximum Gasteiger partial charge on any atom is 0.490 e. The fourth-order valence-electron chi connectivity index (χ4n) is 7.25. The monoisotopic (exact) mass is 1110 g/mol. The molecule has 2 aliphatic heterocycles. The third-order valence-electron chi connectivity index (χ3n) is 11.4. The van der Waals surface area contributed by atoms with Crippen LogP contribution < -0.4 is 53.4 Å². The van der Waals surface area contributed by atoms with Crippen molar-refractivity contribution < 1.29 is 86.0 Å². The Morgan fingerprint density at radius 1 is 0.880 bits per heavy atom. The second kappa shape index (κ2) is 32.1. The van der Waals surface area contributed by atoms with Gasteiger partial charge >= 0.3 is 18.1 Å². The molecule has 0 aliphatic carbocycles. The first-order valence-corrected chi connectivity index (χ1v) is 26.3. The summed E-state index contributed by atoms with van der Waals surface area (Å²) in [5.41, 5.74) is 11.4. The first-order chi connectivity index (χ1) is 35.2. The lowest BCUT2D eigenvalue weighted by Crippen LogP contribution is -2.61. The summed E-state index contributed by atoms with van der Waals surface area (Å²) in [6, 6.07) is -2.89. The minimum atomic E-state index is -5.08. The summed E-state index contributed by atoms with van der Waals surface area (Å²) in [6.07, 6.45) is -6.33. The van der Waals surface area contributed by atoms with Gasteiger partial charge in [-0.15, -0.1) is 0 Å². The number of aliphatic hydroxyl groups excluding tert-OH is 1. The summed E-state index contributed by atoms with van der Waals surface area (Å²) in [5.74, 6) is -11.5. The van der Waals surface area contributed by atoms with Gasteiger partial charge in [-0.1, -0.05) is 54.0 Å². The van der Waals surface area contributed by atoms with Gasteiger partial charge in [0, 0.05) is 30.9 Å². The predicted octanol–water partition coefficient (Wildman–Crippen LogP) is -1.81. The summed E-state index contributed by atoms with van der Waals surface area (Å²) in [5, 5.41) is 45.4. The van der Waals surface area contributed by atoms with Gasteiger partial charge in [0.15, 0.2) is 0 Å². The fourth-order valence-corrected chi connectivity index (χ4v) is 9.39. The number of carboxylic acid groups (broad SMARTS) is 2. The highest BCUT2D eigenvalue weighted by atomic mass is 33.1. The number of aliphatic hydroxyl groups is 1. The van der Waals surface area contributed by atoms with Gasteiger partial charge in [-0.25, -0.2) is 9.59 Å². The molecule has 2 aliphatic rings. The molecule has 2 heterocycles. The number of carbonyl (C=O) groups is 11. The third-order valence-corrected chi connectivity index (χ3v) is 13.8. The number of hydrogen-bond donors (Lipinski definition) is 12. The van der Waals surface area contributed by atoms with Crippen LogP contribution in [0.15, 0.2) is 24.3 Å². The number of nitrogens with one attached hydrogen (secondary N) is 7. The molecule has 9 amide bonds. The largest absolute Gasteiger partial charge is 0.494 e. The normalized spacial score (nSPS) is 22.8. The molecule has 2 fully saturated rings. The number of ether oxygens (including phenoxy) is 1. The molecule has 0 unspecified atom stereocenters. The molecule has 420 valence electrons. The molecule has 2 saturated heterocycles. The van der Waals surface area contributed by atoms with E-state index in [0.717, 1.165) is 21.6 Å². The van der Waals surface area contributed by atoms with Gasteiger partial charge in [0.1, 0.15) is 48.0 Å². The molecule has 30 heteroatoms. The number of primary amides is 1. The number of halogens is 3. The molecule has 0 saturated carbocycles. The van der Waals surface area contributed by atoms with E-state index in [4.69, 9.17) is 26.1 Å². The van der Waals surface area contributed by atoms with E-state index < -0.39 is 139 Å². The number of likely N-dealkylation sites (tertiary alicyclic amines) is 1. The number of carbonyl (C=O) groups excluding carboxylic acids is 9. The van der Waals surface area contributed by atoms with E-state index >= 15 is 0 Å². The standard InChI is InChI=1S/C43H66N10O13S2.C2HF3O2/c1-5-23(3)35-40(61)52-36(24(4)54)41(62)50-29(43(64)65)20-34(57)48-30(42(63)53-17-8-10-31(53)39(60)49-27(9-7-16-44)37(58)46-21-32(45)55)22-68-67-18-15-33(56)47-28(38(59)51-35)19-25-11-13-26(14-12-25)66-6-2;3-2(4,5)1(6)7/h11-14,23-24,27-31,35-36,54H,5-10,15-22,44H2,1-4H3,(H2,45,55)(H,46,58)(H,47,56)(H,48,57)(H,49,60)(H,50,62)(H,51,59)(H,52,61)(H,64,65);(H,6,7)/t23-,24+,27-,28+,29-,30-,31-,35-,36-;/m0./s1. The summed E-state index contributed by atoms with van der Waals surface area (Å²) in [7, 11) is 2.25. The highest BCUT2D eigenvalue weighted by molar-refractivity contribution is 8.76. The molecule has 0 radical (unpaired) electrons. The van der Waals surface area contributed by atoms with Crippen LogP contribution in [-0.2, 0) is 59.2 Å². The first kappa shape index (κ1) is 64.7. The maximum atomic E-state index is 14.3. The van der Waals surface area contributed by atoms with Crippen molar-refractivity contribution in [2.75, 3.05) is 37.7 Å². The molecule has 25 nitrogen and oxygen atoms in total. The Bertz CT molecular complexity index is 2160. The summed E-state index contributed by atoms with van der Waals surface area (Å²) < 4.78 is 37.3. The number of benzene rings is 1. The predicted molar refractivity (Wildman–Crippen MR) is 265 cm³/mol. The van der Waals surface area contributed by atoms with Crippen LogP contribution in [0.4, 0.5) is 13.2 Å². The van der Waals surface area contributed by atoms with Crippen molar-refractivity contribution >= 4 is 86.7 Å². The van der Waals surface area contributed by atoms with Crippen LogP contribution in [-0.4, -0.2) is 178 Å². The highest BCUT2D eigenvalue weighted by Gasteiger charge is 2.41. The van der Waals surface area contributed by atoms with Crippen molar-refractivity contribution in [1.82, 2.24) is 42.1 Å². The Hall–Kier alpha value is -6.40. The quantitative estimate of drug-likeness (QED) is 0.0765. The summed E-state index contributed by atoms with van der Waals surface area (Å²) in [6.45, 7) is 6.65. The van der Waals surface area contributed by atoms with Crippen molar-refractivity contribution in [2.45, 2.75) is 134 Å². The number of rotatable bonds is 17. The number of hydrogen-bond acceptors (Lipinski definition) is 16.